The molecule has 34 heavy (non-hydrogen) atoms. The van der Waals surface area contributed by atoms with Crippen LogP contribution in [0.15, 0.2) is 0 Å². The first-order valence-corrected chi connectivity index (χ1v) is 14.4. The first-order chi connectivity index (χ1) is 16.5. The van der Waals surface area contributed by atoms with Crippen LogP contribution < -0.4 is 5.32 Å². The van der Waals surface area contributed by atoms with Crippen molar-refractivity contribution in [3.8, 4) is 0 Å². The number of aliphatic hydroxyl groups is 4. The van der Waals surface area contributed by atoms with Crippen molar-refractivity contribution < 1.29 is 25.2 Å². The average molecular weight is 488 g/mol. The van der Waals surface area contributed by atoms with Gasteiger partial charge in [-0.15, -0.1) is 0 Å². The lowest BCUT2D eigenvalue weighted by Crippen LogP contribution is -2.53. The number of carbonyl (C=O) groups is 1. The number of hydrogen-bond donors (Lipinski definition) is 5. The first kappa shape index (κ1) is 33.3. The second kappa shape index (κ2) is 24.0. The maximum absolute atomic E-state index is 12.2. The minimum Gasteiger partial charge on any atom is -0.394 e. The lowest BCUT2D eigenvalue weighted by molar-refractivity contribution is -0.132. The molecule has 0 aromatic heterocycles. The summed E-state index contributed by atoms with van der Waals surface area (Å²) in [6, 6.07) is -0.973. The largest absolute Gasteiger partial charge is 0.394 e. The van der Waals surface area contributed by atoms with Gasteiger partial charge in [0.25, 0.3) is 0 Å². The molecule has 6 heteroatoms. The second-order valence-electron chi connectivity index (χ2n) is 10.1. The van der Waals surface area contributed by atoms with Crippen molar-refractivity contribution in [3.63, 3.8) is 0 Å². The summed E-state index contributed by atoms with van der Waals surface area (Å²) >= 11 is 0. The molecule has 0 aromatic carbocycles. The van der Waals surface area contributed by atoms with Crippen LogP contribution >= 0.6 is 0 Å². The summed E-state index contributed by atoms with van der Waals surface area (Å²) in [6.45, 7) is 3.92. The molecule has 0 spiro atoms. The van der Waals surface area contributed by atoms with Crippen LogP contribution in [0.5, 0.6) is 0 Å². The number of carbonyl (C=O) groups excluding carboxylic acids is 1. The zero-order valence-electron chi connectivity index (χ0n) is 22.4. The third kappa shape index (κ3) is 18.6. The molecule has 1 unspecified atom stereocenters. The third-order valence-electron chi connectivity index (χ3n) is 6.82. The van der Waals surface area contributed by atoms with E-state index in [1.54, 1.807) is 0 Å². The van der Waals surface area contributed by atoms with E-state index in [1.807, 2.05) is 0 Å². The summed E-state index contributed by atoms with van der Waals surface area (Å²) < 4.78 is 0. The van der Waals surface area contributed by atoms with Gasteiger partial charge in [-0.25, -0.2) is 0 Å². The van der Waals surface area contributed by atoms with Gasteiger partial charge in [0.05, 0.1) is 18.8 Å². The fraction of sp³-hybridized carbons (Fsp3) is 0.964. The van der Waals surface area contributed by atoms with Crippen molar-refractivity contribution >= 4 is 5.91 Å². The minimum atomic E-state index is -1.25. The predicted octanol–water partition coefficient (Wildman–Crippen LogP) is 5.39. The van der Waals surface area contributed by atoms with E-state index >= 15 is 0 Å². The highest BCUT2D eigenvalue weighted by molar-refractivity contribution is 5.80. The molecule has 0 heterocycles. The molecule has 6 nitrogen and oxygen atoms in total. The monoisotopic (exact) mass is 487 g/mol. The summed E-state index contributed by atoms with van der Waals surface area (Å²) in [5, 5.41) is 42.8. The Hall–Kier alpha value is -0.690. The Morgan fingerprint density at radius 1 is 0.618 bits per heavy atom. The Morgan fingerprint density at radius 2 is 1.00 bits per heavy atom. The van der Waals surface area contributed by atoms with Crippen molar-refractivity contribution in [1.82, 2.24) is 5.32 Å². The molecule has 0 aliphatic heterocycles. The Kier molecular flexibility index (Phi) is 23.5. The number of amides is 1. The number of rotatable bonds is 25. The minimum absolute atomic E-state index is 0.369. The molecule has 0 aliphatic rings. The molecular formula is C28H57NO5. The number of nitrogens with one attached hydrogen (secondary N) is 1. The number of hydrogen-bond acceptors (Lipinski definition) is 5. The highest BCUT2D eigenvalue weighted by atomic mass is 16.3. The van der Waals surface area contributed by atoms with Crippen LogP contribution in [0.3, 0.4) is 0 Å². The molecule has 204 valence electrons. The van der Waals surface area contributed by atoms with Gasteiger partial charge in [-0.05, 0) is 12.8 Å². The maximum atomic E-state index is 12.2. The molecule has 0 rings (SSSR count). The summed E-state index contributed by atoms with van der Waals surface area (Å²) in [5.74, 6) is -0.593. The van der Waals surface area contributed by atoms with Crippen molar-refractivity contribution in [2.24, 2.45) is 0 Å². The fourth-order valence-electron chi connectivity index (χ4n) is 4.40. The van der Waals surface area contributed by atoms with Gasteiger partial charge < -0.3 is 25.7 Å². The fourth-order valence-corrected chi connectivity index (χ4v) is 4.40. The van der Waals surface area contributed by atoms with Gasteiger partial charge in [0.2, 0.25) is 5.91 Å². The highest BCUT2D eigenvalue weighted by Crippen LogP contribution is 2.15. The van der Waals surface area contributed by atoms with E-state index in [-0.39, 0.29) is 0 Å². The highest BCUT2D eigenvalue weighted by Gasteiger charge is 2.28. The Balaban J connectivity index is 3.90. The van der Waals surface area contributed by atoms with Gasteiger partial charge in [0.1, 0.15) is 12.2 Å². The molecule has 0 fully saturated rings. The molecular weight excluding hydrogens is 430 g/mol. The van der Waals surface area contributed by atoms with E-state index in [2.05, 4.69) is 19.2 Å². The lowest BCUT2D eigenvalue weighted by Gasteiger charge is -2.27. The topological polar surface area (TPSA) is 110 Å². The van der Waals surface area contributed by atoms with Crippen LogP contribution in [0, 0.1) is 0 Å². The lowest BCUT2D eigenvalue weighted by atomic mass is 9.99. The second-order valence-corrected chi connectivity index (χ2v) is 10.1. The Bertz CT molecular complexity index is 449. The molecule has 0 saturated carbocycles. The summed E-state index contributed by atoms with van der Waals surface area (Å²) in [4.78, 5) is 12.2. The molecule has 0 aromatic rings. The maximum Gasteiger partial charge on any atom is 0.249 e. The summed E-state index contributed by atoms with van der Waals surface area (Å²) in [6.07, 6.45) is 18.6. The predicted molar refractivity (Wildman–Crippen MR) is 141 cm³/mol. The smallest absolute Gasteiger partial charge is 0.249 e. The van der Waals surface area contributed by atoms with E-state index in [9.17, 15) is 25.2 Å². The van der Waals surface area contributed by atoms with E-state index in [4.69, 9.17) is 0 Å². The SMILES string of the molecule is CCCCCCCCCCCCCC[C@@H](O)[C@@H](O)[C@H](CO)NC(=O)C(O)CCCCCCCC. The number of aliphatic hydroxyl groups excluding tert-OH is 4. The van der Waals surface area contributed by atoms with Crippen molar-refractivity contribution in [1.29, 1.82) is 0 Å². The van der Waals surface area contributed by atoms with E-state index < -0.39 is 36.9 Å². The van der Waals surface area contributed by atoms with Gasteiger partial charge in [-0.3, -0.25) is 4.79 Å². The van der Waals surface area contributed by atoms with Gasteiger partial charge in [0, 0.05) is 0 Å². The van der Waals surface area contributed by atoms with Crippen LogP contribution in [0.4, 0.5) is 0 Å². The normalized spacial score (nSPS) is 15.1. The number of unbranched alkanes of at least 4 members (excludes halogenated alkanes) is 16. The third-order valence-corrected chi connectivity index (χ3v) is 6.82. The van der Waals surface area contributed by atoms with Crippen LogP contribution in [-0.2, 0) is 4.79 Å². The average Bonchev–Trinajstić information content (AvgIpc) is 2.84. The Labute approximate surface area is 209 Å². The van der Waals surface area contributed by atoms with E-state index in [0.717, 1.165) is 38.5 Å². The molecule has 0 bridgehead atoms. The van der Waals surface area contributed by atoms with Crippen LogP contribution in [0.2, 0.25) is 0 Å². The molecule has 0 radical (unpaired) electrons. The quantitative estimate of drug-likeness (QED) is 0.111. The first-order valence-electron chi connectivity index (χ1n) is 14.4. The molecule has 1 amide bonds. The van der Waals surface area contributed by atoms with E-state index in [1.165, 1.54) is 77.0 Å². The van der Waals surface area contributed by atoms with Gasteiger partial charge >= 0.3 is 0 Å². The summed E-state index contributed by atoms with van der Waals surface area (Å²) in [5.41, 5.74) is 0. The molecule has 5 N–H and O–H groups in total. The van der Waals surface area contributed by atoms with E-state index in [0.29, 0.717) is 12.8 Å². The Morgan fingerprint density at radius 3 is 1.41 bits per heavy atom. The van der Waals surface area contributed by atoms with Gasteiger partial charge in [-0.2, -0.15) is 0 Å². The standard InChI is InChI=1S/C28H57NO5/c1-3-5-7-9-11-12-13-14-15-16-18-19-21-25(31)27(33)24(23-30)29-28(34)26(32)22-20-17-10-8-6-4-2/h24-27,30-33H,3-23H2,1-2H3,(H,29,34)/t24-,25+,26?,27-/m0/s1. The zero-order chi connectivity index (χ0) is 25.4. The zero-order valence-corrected chi connectivity index (χ0v) is 22.4. The van der Waals surface area contributed by atoms with Crippen molar-refractivity contribution in [3.05, 3.63) is 0 Å². The molecule has 4 atom stereocenters. The van der Waals surface area contributed by atoms with Gasteiger partial charge in [0.15, 0.2) is 0 Å². The molecule has 0 aliphatic carbocycles. The molecule has 0 saturated heterocycles. The summed E-state index contributed by atoms with van der Waals surface area (Å²) in [7, 11) is 0. The van der Waals surface area contributed by atoms with Gasteiger partial charge in [-0.1, -0.05) is 129 Å². The van der Waals surface area contributed by atoms with Crippen molar-refractivity contribution in [2.45, 2.75) is 167 Å². The van der Waals surface area contributed by atoms with Crippen molar-refractivity contribution in [2.75, 3.05) is 6.61 Å². The van der Waals surface area contributed by atoms with Crippen LogP contribution in [-0.4, -0.2) is 57.3 Å². The van der Waals surface area contributed by atoms with Crippen LogP contribution in [0.1, 0.15) is 142 Å². The van der Waals surface area contributed by atoms with Crippen LogP contribution in [0.25, 0.3) is 0 Å².